The summed E-state index contributed by atoms with van der Waals surface area (Å²) >= 11 is 4.28. The molecule has 28 heavy (non-hydrogen) atoms. The van der Waals surface area contributed by atoms with E-state index in [0.29, 0.717) is 20.6 Å². The number of aryl methyl sites for hydroxylation is 1. The highest BCUT2D eigenvalue weighted by Crippen LogP contribution is 2.35. The molecular weight excluding hydrogens is 588 g/mol. The zero-order chi connectivity index (χ0) is 20.4. The topological polar surface area (TPSA) is 74.2 Å². The molecule has 1 heterocycles. The minimum atomic E-state index is -0.524. The first-order valence-corrected chi connectivity index (χ1v) is 10.3. The molecule has 1 aliphatic heterocycles. The average molecular weight is 603 g/mol. The first-order chi connectivity index (χ1) is 13.3. The van der Waals surface area contributed by atoms with E-state index < -0.39 is 11.9 Å². The lowest BCUT2D eigenvalue weighted by molar-refractivity contribution is -0.132. The van der Waals surface area contributed by atoms with E-state index in [-0.39, 0.29) is 11.6 Å². The van der Waals surface area contributed by atoms with E-state index in [1.807, 2.05) is 47.7 Å². The van der Waals surface area contributed by atoms with Crippen LogP contribution in [-0.2, 0) is 14.3 Å². The fraction of sp³-hybridized carbons (Fsp3) is 0.150. The summed E-state index contributed by atoms with van der Waals surface area (Å²) in [7, 11) is 1.48. The number of rotatable bonds is 4. The number of cyclic esters (lactones) is 1. The van der Waals surface area contributed by atoms with Gasteiger partial charge in [0.25, 0.3) is 0 Å². The van der Waals surface area contributed by atoms with Gasteiger partial charge < -0.3 is 14.2 Å². The van der Waals surface area contributed by atoms with Crippen molar-refractivity contribution in [2.75, 3.05) is 7.11 Å². The molecule has 0 aromatic heterocycles. The molecule has 144 valence electrons. The Labute approximate surface area is 189 Å². The Hall–Kier alpha value is -1.95. The van der Waals surface area contributed by atoms with Gasteiger partial charge in [0.05, 0.1) is 10.7 Å². The number of methoxy groups -OCH3 is 1. The molecule has 3 rings (SSSR count). The molecule has 0 radical (unpaired) electrons. The maximum atomic E-state index is 12.3. The largest absolute Gasteiger partial charge is 0.493 e. The molecule has 0 aliphatic carbocycles. The number of ether oxygens (including phenoxy) is 3. The van der Waals surface area contributed by atoms with Crippen molar-refractivity contribution in [2.24, 2.45) is 4.99 Å². The van der Waals surface area contributed by atoms with Crippen LogP contribution in [0.3, 0.4) is 0 Å². The van der Waals surface area contributed by atoms with Gasteiger partial charge in [-0.15, -0.1) is 0 Å². The van der Waals surface area contributed by atoms with Crippen LogP contribution in [0, 0.1) is 14.1 Å². The Morgan fingerprint density at radius 1 is 1.18 bits per heavy atom. The predicted octanol–water partition coefficient (Wildman–Crippen LogP) is 4.48. The van der Waals surface area contributed by atoms with Crippen LogP contribution in [0.15, 0.2) is 41.0 Å². The first-order valence-electron chi connectivity index (χ1n) is 8.13. The molecular formula is C20H15I2NO5. The summed E-state index contributed by atoms with van der Waals surface area (Å²) in [6.45, 7) is 3.31. The summed E-state index contributed by atoms with van der Waals surface area (Å²) in [6.07, 6.45) is 1.61. The van der Waals surface area contributed by atoms with E-state index in [1.54, 1.807) is 18.2 Å². The molecule has 6 nitrogen and oxygen atoms in total. The molecule has 2 aromatic rings. The Morgan fingerprint density at radius 3 is 2.57 bits per heavy atom. The molecule has 2 aromatic carbocycles. The average Bonchev–Trinajstić information content (AvgIpc) is 2.99. The summed E-state index contributed by atoms with van der Waals surface area (Å²) in [5.41, 5.74) is 2.68. The number of hydrogen-bond donors (Lipinski definition) is 0. The number of benzene rings is 2. The molecule has 0 unspecified atom stereocenters. The molecule has 1 aliphatic rings. The second kappa shape index (κ2) is 8.60. The normalized spacial score (nSPS) is 14.7. The van der Waals surface area contributed by atoms with Crippen LogP contribution < -0.4 is 9.47 Å². The summed E-state index contributed by atoms with van der Waals surface area (Å²) in [4.78, 5) is 27.9. The summed E-state index contributed by atoms with van der Waals surface area (Å²) in [5.74, 6) is 0.0324. The van der Waals surface area contributed by atoms with Gasteiger partial charge in [0, 0.05) is 16.1 Å². The van der Waals surface area contributed by atoms with Crippen molar-refractivity contribution in [2.45, 2.75) is 13.8 Å². The van der Waals surface area contributed by atoms with E-state index in [4.69, 9.17) is 14.2 Å². The molecule has 0 bridgehead atoms. The van der Waals surface area contributed by atoms with Crippen LogP contribution >= 0.6 is 45.2 Å². The van der Waals surface area contributed by atoms with Crippen LogP contribution in [0.4, 0.5) is 0 Å². The lowest BCUT2D eigenvalue weighted by Gasteiger charge is -2.11. The second-order valence-corrected chi connectivity index (χ2v) is 8.25. The van der Waals surface area contributed by atoms with Crippen LogP contribution in [0.2, 0.25) is 0 Å². The van der Waals surface area contributed by atoms with Crippen molar-refractivity contribution in [3.05, 3.63) is 59.9 Å². The number of carbonyl (C=O) groups is 2. The van der Waals surface area contributed by atoms with Crippen LogP contribution in [0.1, 0.15) is 23.6 Å². The van der Waals surface area contributed by atoms with Crippen molar-refractivity contribution in [1.82, 2.24) is 0 Å². The molecule has 0 amide bonds. The summed E-state index contributed by atoms with van der Waals surface area (Å²) in [6, 6.07) is 9.18. The molecule has 0 N–H and O–H groups in total. The zero-order valence-electron chi connectivity index (χ0n) is 15.2. The number of aliphatic imine (C=N–C) groups is 1. The van der Waals surface area contributed by atoms with E-state index >= 15 is 0 Å². The molecule has 0 saturated heterocycles. The van der Waals surface area contributed by atoms with Crippen LogP contribution in [0.25, 0.3) is 6.08 Å². The van der Waals surface area contributed by atoms with Crippen LogP contribution in [-0.4, -0.2) is 24.9 Å². The Kier molecular flexibility index (Phi) is 6.38. The van der Waals surface area contributed by atoms with Crippen molar-refractivity contribution in [3.8, 4) is 11.5 Å². The van der Waals surface area contributed by atoms with Crippen molar-refractivity contribution < 1.29 is 23.8 Å². The number of esters is 2. The third-order valence-corrected chi connectivity index (χ3v) is 5.84. The molecule has 0 fully saturated rings. The van der Waals surface area contributed by atoms with E-state index in [9.17, 15) is 9.59 Å². The van der Waals surface area contributed by atoms with E-state index in [2.05, 4.69) is 27.6 Å². The van der Waals surface area contributed by atoms with Gasteiger partial charge in [-0.05, 0) is 99.6 Å². The highest BCUT2D eigenvalue weighted by atomic mass is 127. The monoisotopic (exact) mass is 603 g/mol. The van der Waals surface area contributed by atoms with Crippen molar-refractivity contribution in [1.29, 1.82) is 0 Å². The van der Waals surface area contributed by atoms with Gasteiger partial charge >= 0.3 is 11.9 Å². The fourth-order valence-electron chi connectivity index (χ4n) is 2.53. The highest BCUT2D eigenvalue weighted by Gasteiger charge is 2.25. The molecule has 0 saturated carbocycles. The smallest absolute Gasteiger partial charge is 0.363 e. The Balaban J connectivity index is 1.97. The SMILES string of the molecule is COc1cc(/C=C2\N=C(c3ccc(I)c(C)c3)OC2=O)cc(I)c1OC(C)=O. The molecule has 0 atom stereocenters. The number of carbonyl (C=O) groups excluding carboxylic acids is 2. The maximum absolute atomic E-state index is 12.3. The molecule has 0 spiro atoms. The fourth-order valence-corrected chi connectivity index (χ4v) is 3.61. The lowest BCUT2D eigenvalue weighted by atomic mass is 10.1. The predicted molar refractivity (Wildman–Crippen MR) is 122 cm³/mol. The van der Waals surface area contributed by atoms with Crippen molar-refractivity contribution in [3.63, 3.8) is 0 Å². The summed E-state index contributed by atoms with van der Waals surface area (Å²) < 4.78 is 17.6. The molecule has 8 heteroatoms. The van der Waals surface area contributed by atoms with Gasteiger partial charge in [0.1, 0.15) is 0 Å². The van der Waals surface area contributed by atoms with E-state index in [0.717, 1.165) is 14.7 Å². The van der Waals surface area contributed by atoms with E-state index in [1.165, 1.54) is 14.0 Å². The van der Waals surface area contributed by atoms with Gasteiger partial charge in [-0.25, -0.2) is 9.79 Å². The lowest BCUT2D eigenvalue weighted by Crippen LogP contribution is -2.06. The van der Waals surface area contributed by atoms with Gasteiger partial charge in [0.2, 0.25) is 5.90 Å². The quantitative estimate of drug-likeness (QED) is 0.223. The van der Waals surface area contributed by atoms with Crippen molar-refractivity contribution >= 4 is 69.1 Å². The van der Waals surface area contributed by atoms with Crippen LogP contribution in [0.5, 0.6) is 11.5 Å². The van der Waals surface area contributed by atoms with Gasteiger partial charge in [-0.3, -0.25) is 4.79 Å². The Bertz CT molecular complexity index is 1040. The minimum absolute atomic E-state index is 0.185. The van der Waals surface area contributed by atoms with Gasteiger partial charge in [-0.1, -0.05) is 0 Å². The zero-order valence-corrected chi connectivity index (χ0v) is 19.5. The minimum Gasteiger partial charge on any atom is -0.493 e. The summed E-state index contributed by atoms with van der Waals surface area (Å²) in [5, 5.41) is 0. The first kappa shape index (κ1) is 20.8. The third kappa shape index (κ3) is 4.54. The van der Waals surface area contributed by atoms with Gasteiger partial charge in [-0.2, -0.15) is 0 Å². The number of hydrogen-bond acceptors (Lipinski definition) is 6. The second-order valence-electron chi connectivity index (χ2n) is 5.93. The number of halogens is 2. The standard InChI is InChI=1S/C20H15I2NO5/c1-10-6-13(4-5-14(10)21)19-23-16(20(25)28-19)8-12-7-15(22)18(27-11(2)24)17(9-12)26-3/h4-9H,1-3H3/b16-8-. The maximum Gasteiger partial charge on any atom is 0.363 e. The van der Waals surface area contributed by atoms with Gasteiger partial charge in [0.15, 0.2) is 17.2 Å². The third-order valence-electron chi connectivity index (χ3n) is 3.83. The number of nitrogens with zero attached hydrogens (tertiary/aromatic N) is 1. The highest BCUT2D eigenvalue weighted by molar-refractivity contribution is 14.1. The Morgan fingerprint density at radius 2 is 1.93 bits per heavy atom.